The van der Waals surface area contributed by atoms with Gasteiger partial charge in [0.25, 0.3) is 0 Å². The molecule has 6 nitrogen and oxygen atoms in total. The highest BCUT2D eigenvalue weighted by Gasteiger charge is 2.11. The maximum atomic E-state index is 11.3. The summed E-state index contributed by atoms with van der Waals surface area (Å²) in [6, 6.07) is 0. The van der Waals surface area contributed by atoms with Crippen LogP contribution in [-0.2, 0) is 11.8 Å². The van der Waals surface area contributed by atoms with Crippen molar-refractivity contribution >= 4 is 29.0 Å². The Hall–Kier alpha value is -3.02. The quantitative estimate of drug-likeness (QED) is 0.402. The van der Waals surface area contributed by atoms with Gasteiger partial charge in [-0.25, -0.2) is 4.98 Å². The van der Waals surface area contributed by atoms with E-state index < -0.39 is 5.91 Å². The number of carbonyl (C=O) groups excluding carboxylic acids is 1. The van der Waals surface area contributed by atoms with E-state index in [1.807, 2.05) is 31.7 Å². The van der Waals surface area contributed by atoms with Crippen LogP contribution in [0.1, 0.15) is 39.2 Å². The molecular weight excluding hydrogens is 314 g/mol. The van der Waals surface area contributed by atoms with Crippen molar-refractivity contribution in [2.75, 3.05) is 0 Å². The molecule has 0 saturated carbocycles. The minimum Gasteiger partial charge on any atom is -0.366 e. The van der Waals surface area contributed by atoms with E-state index in [4.69, 9.17) is 16.6 Å². The largest absolute Gasteiger partial charge is 0.366 e. The molecule has 0 aromatic carbocycles. The Balaban J connectivity index is 3.33. The molecule has 0 unspecified atom stereocenters. The zero-order valence-electron chi connectivity index (χ0n) is 15.3. The number of aromatic nitrogens is 2. The van der Waals surface area contributed by atoms with Gasteiger partial charge < -0.3 is 21.1 Å². The number of imidazole rings is 1. The van der Waals surface area contributed by atoms with Gasteiger partial charge in [-0.15, -0.1) is 0 Å². The van der Waals surface area contributed by atoms with Gasteiger partial charge in [0.15, 0.2) is 0 Å². The second-order valence-electron chi connectivity index (χ2n) is 5.74. The summed E-state index contributed by atoms with van der Waals surface area (Å²) in [5.74, 6) is 0.206. The number of rotatable bonds is 7. The number of hydrogen-bond donors (Lipinski definition) is 3. The van der Waals surface area contributed by atoms with Crippen LogP contribution in [0.15, 0.2) is 41.6 Å². The van der Waals surface area contributed by atoms with Gasteiger partial charge in [0.1, 0.15) is 5.82 Å². The minimum absolute atomic E-state index is 0.382. The lowest BCUT2D eigenvalue weighted by atomic mass is 10.1. The molecule has 0 aliphatic heterocycles. The Bertz CT molecular complexity index is 819. The van der Waals surface area contributed by atoms with Crippen LogP contribution < -0.4 is 5.73 Å². The third-order valence-electron chi connectivity index (χ3n) is 3.68. The van der Waals surface area contributed by atoms with E-state index in [2.05, 4.69) is 4.98 Å². The smallest absolute Gasteiger partial charge is 0.248 e. The van der Waals surface area contributed by atoms with E-state index in [-0.39, 0.29) is 0 Å². The second kappa shape index (κ2) is 8.73. The Labute approximate surface area is 148 Å². The number of nitrogens with two attached hydrogens (primary N) is 1. The molecule has 4 N–H and O–H groups in total. The number of allylic oxidation sites excluding steroid dienone is 6. The average molecular weight is 339 g/mol. The Morgan fingerprint density at radius 1 is 1.28 bits per heavy atom. The molecule has 1 aromatic heterocycles. The molecule has 0 radical (unpaired) electrons. The van der Waals surface area contributed by atoms with Crippen molar-refractivity contribution in [1.29, 1.82) is 10.8 Å². The topological polar surface area (TPSA) is 109 Å². The predicted octanol–water partition coefficient (Wildman–Crippen LogP) is 3.27. The van der Waals surface area contributed by atoms with Gasteiger partial charge in [-0.3, -0.25) is 4.79 Å². The monoisotopic (exact) mass is 339 g/mol. The molecule has 0 fully saturated rings. The molecule has 0 atom stereocenters. The van der Waals surface area contributed by atoms with E-state index in [1.54, 1.807) is 38.2 Å². The lowest BCUT2D eigenvalue weighted by Gasteiger charge is -2.04. The van der Waals surface area contributed by atoms with Crippen LogP contribution in [0.3, 0.4) is 0 Å². The Kier molecular flexibility index (Phi) is 6.99. The standard InChI is InChI=1S/C19H25N5O/c1-6-15(18(22)25)7-8-16(10-20)14(4)19-23-17(11-24(19)5)12(2)9-13(3)21/h6-11,20-21H,1-5H3,(H2,22,25)/b8-7-,12-9+,15-6?,16-14-,20-10?,21-13?. The molecule has 0 aliphatic carbocycles. The molecule has 25 heavy (non-hydrogen) atoms. The molecule has 132 valence electrons. The fourth-order valence-corrected chi connectivity index (χ4v) is 2.31. The molecule has 1 aromatic rings. The summed E-state index contributed by atoms with van der Waals surface area (Å²) in [6.07, 6.45) is 9.77. The van der Waals surface area contributed by atoms with Gasteiger partial charge in [0.2, 0.25) is 5.91 Å². The van der Waals surface area contributed by atoms with Crippen LogP contribution in [0.2, 0.25) is 0 Å². The second-order valence-corrected chi connectivity index (χ2v) is 5.74. The maximum Gasteiger partial charge on any atom is 0.248 e. The molecule has 1 rings (SSSR count). The van der Waals surface area contributed by atoms with Gasteiger partial charge in [-0.2, -0.15) is 0 Å². The zero-order valence-corrected chi connectivity index (χ0v) is 15.3. The molecule has 0 bridgehead atoms. The highest BCUT2D eigenvalue weighted by molar-refractivity contribution is 5.97. The lowest BCUT2D eigenvalue weighted by Crippen LogP contribution is -2.12. The van der Waals surface area contributed by atoms with Crippen molar-refractivity contribution < 1.29 is 4.79 Å². The zero-order chi connectivity index (χ0) is 19.1. The summed E-state index contributed by atoms with van der Waals surface area (Å²) >= 11 is 0. The third kappa shape index (κ3) is 5.24. The normalized spacial score (nSPS) is 13.8. The first-order valence-corrected chi connectivity index (χ1v) is 7.84. The van der Waals surface area contributed by atoms with Crippen molar-refractivity contribution in [1.82, 2.24) is 9.55 Å². The van der Waals surface area contributed by atoms with Gasteiger partial charge >= 0.3 is 0 Å². The molecule has 0 spiro atoms. The summed E-state index contributed by atoms with van der Waals surface area (Å²) in [4.78, 5) is 15.9. The fourth-order valence-electron chi connectivity index (χ4n) is 2.31. The maximum absolute atomic E-state index is 11.3. The number of hydrogen-bond acceptors (Lipinski definition) is 4. The van der Waals surface area contributed by atoms with Crippen LogP contribution in [-0.4, -0.2) is 27.4 Å². The van der Waals surface area contributed by atoms with Crippen molar-refractivity contribution in [3.63, 3.8) is 0 Å². The van der Waals surface area contributed by atoms with E-state index in [9.17, 15) is 4.79 Å². The van der Waals surface area contributed by atoms with E-state index in [1.165, 1.54) is 6.21 Å². The van der Waals surface area contributed by atoms with Gasteiger partial charge in [0, 0.05) is 36.3 Å². The van der Waals surface area contributed by atoms with Crippen LogP contribution in [0.4, 0.5) is 0 Å². The molecule has 0 aliphatic rings. The summed E-state index contributed by atoms with van der Waals surface area (Å²) in [5, 5.41) is 15.2. The number of amides is 1. The SMILES string of the molecule is CC=C(/C=C\C(C=N)=C(/C)c1nc(/C(C)=C/C(C)=N)cn1C)C(N)=O. The minimum atomic E-state index is -0.511. The van der Waals surface area contributed by atoms with Crippen molar-refractivity contribution in [2.45, 2.75) is 27.7 Å². The van der Waals surface area contributed by atoms with Crippen molar-refractivity contribution in [2.24, 2.45) is 12.8 Å². The van der Waals surface area contributed by atoms with Crippen molar-refractivity contribution in [3.05, 3.63) is 53.2 Å². The highest BCUT2D eigenvalue weighted by Crippen LogP contribution is 2.21. The van der Waals surface area contributed by atoms with Crippen molar-refractivity contribution in [3.8, 4) is 0 Å². The van der Waals surface area contributed by atoms with Crippen LogP contribution in [0.5, 0.6) is 0 Å². The summed E-state index contributed by atoms with van der Waals surface area (Å²) in [6.45, 7) is 7.23. The number of nitrogens with one attached hydrogen (secondary N) is 2. The fraction of sp³-hybridized carbons (Fsp3) is 0.263. The summed E-state index contributed by atoms with van der Waals surface area (Å²) < 4.78 is 1.88. The van der Waals surface area contributed by atoms with Gasteiger partial charge in [-0.05, 0) is 51.0 Å². The van der Waals surface area contributed by atoms with E-state index in [0.29, 0.717) is 16.9 Å². The van der Waals surface area contributed by atoms with E-state index >= 15 is 0 Å². The molecule has 0 saturated heterocycles. The first-order chi connectivity index (χ1) is 11.7. The Morgan fingerprint density at radius 2 is 1.92 bits per heavy atom. The highest BCUT2D eigenvalue weighted by atomic mass is 16.1. The average Bonchev–Trinajstić information content (AvgIpc) is 2.92. The van der Waals surface area contributed by atoms with Crippen LogP contribution in [0, 0.1) is 10.8 Å². The molecule has 6 heteroatoms. The van der Waals surface area contributed by atoms with Crippen LogP contribution in [0.25, 0.3) is 11.1 Å². The molecular formula is C19H25N5O. The predicted molar refractivity (Wildman–Crippen MR) is 104 cm³/mol. The summed E-state index contributed by atoms with van der Waals surface area (Å²) in [7, 11) is 1.88. The van der Waals surface area contributed by atoms with E-state index in [0.717, 1.165) is 22.7 Å². The Morgan fingerprint density at radius 3 is 2.40 bits per heavy atom. The third-order valence-corrected chi connectivity index (χ3v) is 3.68. The van der Waals surface area contributed by atoms with Gasteiger partial charge in [0.05, 0.1) is 5.69 Å². The molecule has 1 amide bonds. The van der Waals surface area contributed by atoms with Crippen LogP contribution >= 0.6 is 0 Å². The first-order valence-electron chi connectivity index (χ1n) is 7.84. The molecule has 1 heterocycles. The number of aryl methyl sites for hydroxylation is 1. The lowest BCUT2D eigenvalue weighted by molar-refractivity contribution is -0.114. The number of nitrogens with zero attached hydrogens (tertiary/aromatic N) is 2. The number of carbonyl (C=O) groups is 1. The first kappa shape index (κ1) is 20.0. The van der Waals surface area contributed by atoms with Gasteiger partial charge in [-0.1, -0.05) is 12.2 Å². The summed E-state index contributed by atoms with van der Waals surface area (Å²) in [5.41, 5.74) is 9.25. The number of primary amides is 1.